The van der Waals surface area contributed by atoms with Crippen LogP contribution >= 0.6 is 0 Å². The highest BCUT2D eigenvalue weighted by atomic mass is 16.4. The number of carbonyl (C=O) groups is 3. The molecule has 0 saturated heterocycles. The molecule has 3 saturated carbocycles. The molecule has 4 aliphatic rings. The number of Topliss-reactive ketones (excluding diaryl/α,β-unsaturated/α-hetero) is 1. The lowest BCUT2D eigenvalue weighted by Crippen LogP contribution is -2.53. The van der Waals surface area contributed by atoms with Gasteiger partial charge in [0.2, 0.25) is 0 Å². The van der Waals surface area contributed by atoms with E-state index in [-0.39, 0.29) is 5.41 Å². The third-order valence-electron chi connectivity index (χ3n) is 12.6. The maximum absolute atomic E-state index is 12.7. The lowest BCUT2D eigenvalue weighted by atomic mass is 9.44. The van der Waals surface area contributed by atoms with Crippen LogP contribution in [0.2, 0.25) is 0 Å². The topological polar surface area (TPSA) is 91.7 Å². The molecule has 0 aromatic heterocycles. The van der Waals surface area contributed by atoms with E-state index in [0.29, 0.717) is 36.5 Å². The minimum absolute atomic E-state index is 0.0256. The average Bonchev–Trinajstić information content (AvgIpc) is 3.21. The van der Waals surface area contributed by atoms with Crippen LogP contribution in [0.15, 0.2) is 11.6 Å². The molecule has 5 heteroatoms. The van der Waals surface area contributed by atoms with Gasteiger partial charge in [0.05, 0.1) is 0 Å². The van der Waals surface area contributed by atoms with Gasteiger partial charge in [-0.2, -0.15) is 0 Å². The number of fused-ring (bicyclic) bond motifs is 5. The van der Waals surface area contributed by atoms with Crippen molar-refractivity contribution in [1.82, 2.24) is 0 Å². The molecule has 4 rings (SSSR count). The van der Waals surface area contributed by atoms with Crippen molar-refractivity contribution < 1.29 is 24.6 Å². The van der Waals surface area contributed by atoms with Crippen molar-refractivity contribution in [2.45, 2.75) is 125 Å². The Labute approximate surface area is 236 Å². The van der Waals surface area contributed by atoms with Crippen molar-refractivity contribution in [2.24, 2.45) is 57.7 Å². The summed E-state index contributed by atoms with van der Waals surface area (Å²) in [5.74, 6) is -1.10. The minimum atomic E-state index is -1.62. The fraction of sp³-hybridized carbons (Fsp3) is 0.853. The number of carbonyl (C=O) groups excluding carboxylic acids is 1. The Morgan fingerprint density at radius 2 is 1.69 bits per heavy atom. The first-order valence-corrected chi connectivity index (χ1v) is 16.0. The van der Waals surface area contributed by atoms with E-state index >= 15 is 0 Å². The van der Waals surface area contributed by atoms with Crippen molar-refractivity contribution in [3.8, 4) is 0 Å². The molecule has 39 heavy (non-hydrogen) atoms. The summed E-state index contributed by atoms with van der Waals surface area (Å²) < 4.78 is 0. The molecule has 5 nitrogen and oxygen atoms in total. The summed E-state index contributed by atoms with van der Waals surface area (Å²) in [5.41, 5.74) is 0.954. The molecule has 220 valence electrons. The Morgan fingerprint density at radius 3 is 2.31 bits per heavy atom. The predicted octanol–water partition coefficient (Wildman–Crippen LogP) is 8.17. The Bertz CT molecular complexity index is 982. The molecule has 0 spiro atoms. The van der Waals surface area contributed by atoms with Gasteiger partial charge in [-0.25, -0.2) is 4.79 Å². The van der Waals surface area contributed by atoms with Crippen LogP contribution in [0.5, 0.6) is 0 Å². The van der Waals surface area contributed by atoms with Crippen LogP contribution in [0.3, 0.4) is 0 Å². The van der Waals surface area contributed by atoms with Gasteiger partial charge in [-0.1, -0.05) is 78.9 Å². The molecule has 0 radical (unpaired) electrons. The lowest BCUT2D eigenvalue weighted by Gasteiger charge is -2.60. The van der Waals surface area contributed by atoms with Crippen molar-refractivity contribution in [3.05, 3.63) is 11.6 Å². The predicted molar refractivity (Wildman–Crippen MR) is 154 cm³/mol. The monoisotopic (exact) mass is 542 g/mol. The zero-order valence-corrected chi connectivity index (χ0v) is 25.4. The molecule has 0 amide bonds. The van der Waals surface area contributed by atoms with Crippen molar-refractivity contribution in [2.75, 3.05) is 0 Å². The summed E-state index contributed by atoms with van der Waals surface area (Å²) in [6.07, 6.45) is 16.0. The highest BCUT2D eigenvalue weighted by molar-refractivity contribution is 6.37. The van der Waals surface area contributed by atoms with Crippen LogP contribution in [-0.4, -0.2) is 27.9 Å². The Kier molecular flexibility index (Phi) is 8.80. The van der Waals surface area contributed by atoms with Crippen LogP contribution < -0.4 is 0 Å². The van der Waals surface area contributed by atoms with Crippen LogP contribution in [0, 0.1) is 57.7 Å². The first kappa shape index (κ1) is 30.3. The van der Waals surface area contributed by atoms with Crippen LogP contribution in [0.4, 0.5) is 0 Å². The maximum Gasteiger partial charge on any atom is 0.373 e. The number of allylic oxidation sites excluding steroid dienone is 2. The van der Waals surface area contributed by atoms with Crippen molar-refractivity contribution in [3.63, 3.8) is 0 Å². The van der Waals surface area contributed by atoms with E-state index in [0.717, 1.165) is 42.9 Å². The first-order chi connectivity index (χ1) is 18.3. The summed E-state index contributed by atoms with van der Waals surface area (Å²) in [7, 11) is 0. The molecule has 4 unspecified atom stereocenters. The second-order valence-electron chi connectivity index (χ2n) is 15.0. The minimum Gasteiger partial charge on any atom is -0.481 e. The molecule has 2 N–H and O–H groups in total. The van der Waals surface area contributed by atoms with Gasteiger partial charge in [0.15, 0.2) is 0 Å². The Balaban J connectivity index is 1.57. The van der Waals surface area contributed by atoms with Gasteiger partial charge >= 0.3 is 11.9 Å². The Hall–Kier alpha value is -1.65. The van der Waals surface area contributed by atoms with E-state index in [1.165, 1.54) is 50.5 Å². The van der Waals surface area contributed by atoms with E-state index in [9.17, 15) is 24.6 Å². The normalized spacial score (nSPS) is 39.2. The quantitative estimate of drug-likeness (QED) is 0.156. The molecule has 4 aliphatic carbocycles. The molecule has 0 heterocycles. The number of aliphatic carboxylic acids is 2. The molecule has 3 fully saturated rings. The fourth-order valence-electron chi connectivity index (χ4n) is 10.7. The van der Waals surface area contributed by atoms with Crippen molar-refractivity contribution in [1.29, 1.82) is 0 Å². The number of carboxylic acid groups (broad SMARTS) is 2. The Morgan fingerprint density at radius 1 is 0.974 bits per heavy atom. The lowest BCUT2D eigenvalue weighted by molar-refractivity contribution is -0.163. The van der Waals surface area contributed by atoms with Gasteiger partial charge in [0.1, 0.15) is 5.92 Å². The number of hydrogen-bond donors (Lipinski definition) is 2. The summed E-state index contributed by atoms with van der Waals surface area (Å²) in [6, 6.07) is 0. The summed E-state index contributed by atoms with van der Waals surface area (Å²) >= 11 is 0. The zero-order valence-electron chi connectivity index (χ0n) is 25.4. The van der Waals surface area contributed by atoms with Gasteiger partial charge < -0.3 is 10.2 Å². The van der Waals surface area contributed by atoms with Gasteiger partial charge in [-0.15, -0.1) is 0 Å². The molecular formula is C34H54O5. The van der Waals surface area contributed by atoms with Crippen LogP contribution in [-0.2, 0) is 14.4 Å². The highest BCUT2D eigenvalue weighted by Crippen LogP contribution is 2.69. The van der Waals surface area contributed by atoms with E-state index in [2.05, 4.69) is 40.7 Å². The molecule has 0 aromatic carbocycles. The van der Waals surface area contributed by atoms with E-state index in [4.69, 9.17) is 0 Å². The second kappa shape index (κ2) is 11.3. The zero-order chi connectivity index (χ0) is 28.8. The van der Waals surface area contributed by atoms with Gasteiger partial charge in [0, 0.05) is 0 Å². The maximum atomic E-state index is 12.7. The van der Waals surface area contributed by atoms with E-state index in [1.54, 1.807) is 0 Å². The molecular weight excluding hydrogens is 488 g/mol. The molecule has 9 atom stereocenters. The molecule has 0 aliphatic heterocycles. The summed E-state index contributed by atoms with van der Waals surface area (Å²) in [5, 5.41) is 19.5. The number of carboxylic acids is 2. The van der Waals surface area contributed by atoms with E-state index < -0.39 is 29.1 Å². The number of ketones is 1. The van der Waals surface area contributed by atoms with Gasteiger partial charge in [-0.05, 0) is 110 Å². The fourth-order valence-corrected chi connectivity index (χ4v) is 10.7. The third kappa shape index (κ3) is 5.25. The smallest absolute Gasteiger partial charge is 0.373 e. The third-order valence-corrected chi connectivity index (χ3v) is 12.6. The summed E-state index contributed by atoms with van der Waals surface area (Å²) in [4.78, 5) is 36.6. The largest absolute Gasteiger partial charge is 0.481 e. The second-order valence-corrected chi connectivity index (χ2v) is 15.0. The summed E-state index contributed by atoms with van der Waals surface area (Å²) in [6.45, 7) is 14.2. The SMILES string of the molecule is CCCC1([C@H](C(=O)O)C(=O)C(=O)O)CC[C@@]2(C)C(=CCC3C2CC[C@@]2(C)C3CC[C@@H]2[C@H](C)CCCC(C)C)C1. The van der Waals surface area contributed by atoms with Crippen LogP contribution in [0.1, 0.15) is 125 Å². The van der Waals surface area contributed by atoms with Crippen molar-refractivity contribution >= 4 is 17.7 Å². The van der Waals surface area contributed by atoms with Crippen LogP contribution in [0.25, 0.3) is 0 Å². The van der Waals surface area contributed by atoms with Gasteiger partial charge in [0.25, 0.3) is 5.78 Å². The van der Waals surface area contributed by atoms with E-state index in [1.807, 2.05) is 6.92 Å². The first-order valence-electron chi connectivity index (χ1n) is 16.0. The number of hydrogen-bond acceptors (Lipinski definition) is 3. The molecule has 0 aromatic rings. The highest BCUT2D eigenvalue weighted by Gasteiger charge is 2.61. The number of rotatable bonds is 11. The standard InChI is InChI=1S/C34H54O5/c1-7-16-34(28(30(36)37)29(35)31(38)39)19-18-32(5)23(20-34)11-12-24-26-14-13-25(22(4)10-8-9-21(2)3)33(26,6)17-15-27(24)32/h11,21-22,24-28H,7-10,12-20H2,1-6H3,(H,36,37)(H,38,39)/t22-,24?,25-,26?,27?,28+,32+,33-,34?/m1/s1. The van der Waals surface area contributed by atoms with Gasteiger partial charge in [-0.3, -0.25) is 9.59 Å². The average molecular weight is 543 g/mol. The molecule has 0 bridgehead atoms.